The predicted octanol–water partition coefficient (Wildman–Crippen LogP) is 3.50. The zero-order valence-corrected chi connectivity index (χ0v) is 18.2. The average molecular weight is 425 g/mol. The lowest BCUT2D eigenvalue weighted by Gasteiger charge is -2.32. The second-order valence-electron chi connectivity index (χ2n) is 8.95. The Bertz CT molecular complexity index is 926. The Balaban J connectivity index is 1.20. The van der Waals surface area contributed by atoms with E-state index >= 15 is 0 Å². The number of hydrogen-bond acceptors (Lipinski definition) is 5. The number of hydrogen-bond donors (Lipinski definition) is 0. The van der Waals surface area contributed by atoms with E-state index in [-0.39, 0.29) is 5.91 Å². The topological polar surface area (TPSA) is 69.5 Å². The van der Waals surface area contributed by atoms with Crippen molar-refractivity contribution in [2.75, 3.05) is 26.3 Å². The highest BCUT2D eigenvalue weighted by Crippen LogP contribution is 2.31. The van der Waals surface area contributed by atoms with E-state index in [1.54, 1.807) is 0 Å². The number of amides is 1. The van der Waals surface area contributed by atoms with Gasteiger partial charge in [0, 0.05) is 44.8 Å². The summed E-state index contributed by atoms with van der Waals surface area (Å²) < 4.78 is 13.8. The van der Waals surface area contributed by atoms with Crippen LogP contribution in [0.4, 0.5) is 0 Å². The Morgan fingerprint density at radius 3 is 2.84 bits per heavy atom. The molecule has 1 saturated heterocycles. The fourth-order valence-corrected chi connectivity index (χ4v) is 5.00. The van der Waals surface area contributed by atoms with E-state index in [1.807, 2.05) is 23.1 Å². The molecule has 5 rings (SSSR count). The highest BCUT2D eigenvalue weighted by Gasteiger charge is 2.29. The molecule has 4 heterocycles. The third-order valence-electron chi connectivity index (χ3n) is 6.72. The number of carbonyl (C=O) groups is 1. The van der Waals surface area contributed by atoms with Gasteiger partial charge in [-0.25, -0.2) is 0 Å². The van der Waals surface area contributed by atoms with Crippen LogP contribution in [0.2, 0.25) is 0 Å². The summed E-state index contributed by atoms with van der Waals surface area (Å²) in [6, 6.07) is 6.04. The molecule has 1 amide bonds. The highest BCUT2D eigenvalue weighted by molar-refractivity contribution is 5.76. The zero-order chi connectivity index (χ0) is 21.0. The Morgan fingerprint density at radius 1 is 1.00 bits per heavy atom. The first-order chi connectivity index (χ1) is 15.3. The Morgan fingerprint density at radius 2 is 1.90 bits per heavy atom. The molecule has 1 aromatic carbocycles. The molecule has 0 spiro atoms. The van der Waals surface area contributed by atoms with Gasteiger partial charge in [0.15, 0.2) is 11.5 Å². The van der Waals surface area contributed by atoms with Crippen LogP contribution in [0.25, 0.3) is 0 Å². The maximum atomic E-state index is 13.0. The molecule has 2 aromatic rings. The molecule has 1 unspecified atom stereocenters. The van der Waals surface area contributed by atoms with E-state index in [4.69, 9.17) is 9.47 Å². The maximum absolute atomic E-state index is 13.0. The summed E-state index contributed by atoms with van der Waals surface area (Å²) in [6.45, 7) is 3.99. The van der Waals surface area contributed by atoms with Crippen LogP contribution < -0.4 is 9.47 Å². The van der Waals surface area contributed by atoms with Crippen molar-refractivity contribution >= 4 is 5.91 Å². The Labute approximate surface area is 183 Å². The van der Waals surface area contributed by atoms with Crippen molar-refractivity contribution in [3.63, 3.8) is 0 Å². The smallest absolute Gasteiger partial charge is 0.222 e. The van der Waals surface area contributed by atoms with Gasteiger partial charge in [-0.1, -0.05) is 12.5 Å². The molecule has 1 fully saturated rings. The second-order valence-corrected chi connectivity index (χ2v) is 8.95. The number of carbonyl (C=O) groups excluding carboxylic acids is 1. The monoisotopic (exact) mass is 424 g/mol. The maximum Gasteiger partial charge on any atom is 0.222 e. The number of ether oxygens (including phenoxy) is 2. The number of rotatable bonds is 4. The van der Waals surface area contributed by atoms with Crippen LogP contribution in [0.3, 0.4) is 0 Å². The van der Waals surface area contributed by atoms with Gasteiger partial charge in [0.25, 0.3) is 0 Å². The van der Waals surface area contributed by atoms with Crippen molar-refractivity contribution in [3.05, 3.63) is 35.4 Å². The molecule has 31 heavy (non-hydrogen) atoms. The SMILES string of the molecule is O=C(CCc1ccc2c(c1)OCCCO2)N1CCCC(c2nnc3n2CCCCC3)C1. The lowest BCUT2D eigenvalue weighted by atomic mass is 9.96. The molecule has 0 radical (unpaired) electrons. The van der Waals surface area contributed by atoms with Gasteiger partial charge in [0.1, 0.15) is 11.6 Å². The molecule has 1 atom stereocenters. The summed E-state index contributed by atoms with van der Waals surface area (Å²) in [5.74, 6) is 4.36. The van der Waals surface area contributed by atoms with Crippen molar-refractivity contribution in [1.82, 2.24) is 19.7 Å². The lowest BCUT2D eigenvalue weighted by Crippen LogP contribution is -2.40. The van der Waals surface area contributed by atoms with Crippen LogP contribution in [0.5, 0.6) is 11.5 Å². The van der Waals surface area contributed by atoms with Gasteiger partial charge >= 0.3 is 0 Å². The van der Waals surface area contributed by atoms with Crippen LogP contribution in [0.15, 0.2) is 18.2 Å². The van der Waals surface area contributed by atoms with E-state index in [0.29, 0.717) is 25.6 Å². The van der Waals surface area contributed by atoms with E-state index in [0.717, 1.165) is 80.4 Å². The van der Waals surface area contributed by atoms with Gasteiger partial charge in [-0.2, -0.15) is 0 Å². The summed E-state index contributed by atoms with van der Waals surface area (Å²) in [6.07, 6.45) is 8.94. The number of fused-ring (bicyclic) bond motifs is 2. The quantitative estimate of drug-likeness (QED) is 0.751. The summed E-state index contributed by atoms with van der Waals surface area (Å²) in [7, 11) is 0. The fourth-order valence-electron chi connectivity index (χ4n) is 5.00. The van der Waals surface area contributed by atoms with Crippen LogP contribution in [0, 0.1) is 0 Å². The van der Waals surface area contributed by atoms with Crippen molar-refractivity contribution in [3.8, 4) is 11.5 Å². The molecule has 0 N–H and O–H groups in total. The molecule has 3 aliphatic rings. The van der Waals surface area contributed by atoms with Crippen molar-refractivity contribution < 1.29 is 14.3 Å². The standard InChI is InChI=1S/C24H32N4O3/c29-23(11-9-18-8-10-20-21(16-18)31-15-5-14-30-20)27-12-4-6-19(17-27)24-26-25-22-7-2-1-3-13-28(22)24/h8,10,16,19H,1-7,9,11-15,17H2. The lowest BCUT2D eigenvalue weighted by molar-refractivity contribution is -0.132. The number of aryl methyl sites for hydroxylation is 2. The molecular formula is C24H32N4O3. The van der Waals surface area contributed by atoms with Crippen LogP contribution in [-0.4, -0.2) is 51.9 Å². The molecule has 7 heteroatoms. The van der Waals surface area contributed by atoms with Crippen molar-refractivity contribution in [2.45, 2.75) is 70.3 Å². The summed E-state index contributed by atoms with van der Waals surface area (Å²) in [5.41, 5.74) is 1.12. The van der Waals surface area contributed by atoms with Gasteiger partial charge in [-0.15, -0.1) is 10.2 Å². The summed E-state index contributed by atoms with van der Waals surface area (Å²) in [5, 5.41) is 9.02. The number of piperidine rings is 1. The van der Waals surface area contributed by atoms with Gasteiger partial charge in [-0.05, 0) is 49.8 Å². The largest absolute Gasteiger partial charge is 0.490 e. The summed E-state index contributed by atoms with van der Waals surface area (Å²) in [4.78, 5) is 15.0. The number of aromatic nitrogens is 3. The number of likely N-dealkylation sites (tertiary alicyclic amines) is 1. The minimum absolute atomic E-state index is 0.229. The third kappa shape index (κ3) is 4.55. The molecular weight excluding hydrogens is 392 g/mol. The second kappa shape index (κ2) is 9.28. The zero-order valence-electron chi connectivity index (χ0n) is 18.2. The average Bonchev–Trinajstić information content (AvgIpc) is 2.96. The van der Waals surface area contributed by atoms with E-state index in [1.165, 1.54) is 19.3 Å². The molecule has 166 valence electrons. The molecule has 0 aliphatic carbocycles. The van der Waals surface area contributed by atoms with Gasteiger partial charge in [0.2, 0.25) is 5.91 Å². The van der Waals surface area contributed by atoms with E-state index < -0.39 is 0 Å². The van der Waals surface area contributed by atoms with E-state index in [9.17, 15) is 4.79 Å². The Hall–Kier alpha value is -2.57. The minimum Gasteiger partial charge on any atom is -0.490 e. The van der Waals surface area contributed by atoms with Crippen molar-refractivity contribution in [2.24, 2.45) is 0 Å². The van der Waals surface area contributed by atoms with E-state index in [2.05, 4.69) is 14.8 Å². The molecule has 0 saturated carbocycles. The van der Waals surface area contributed by atoms with Crippen LogP contribution in [0.1, 0.15) is 68.1 Å². The first kappa shape index (κ1) is 20.3. The van der Waals surface area contributed by atoms with Crippen LogP contribution >= 0.6 is 0 Å². The molecule has 0 bridgehead atoms. The number of benzene rings is 1. The highest BCUT2D eigenvalue weighted by atomic mass is 16.5. The van der Waals surface area contributed by atoms with Gasteiger partial charge in [0.05, 0.1) is 13.2 Å². The molecule has 7 nitrogen and oxygen atoms in total. The first-order valence-electron chi connectivity index (χ1n) is 11.9. The summed E-state index contributed by atoms with van der Waals surface area (Å²) >= 11 is 0. The fraction of sp³-hybridized carbons (Fsp3) is 0.625. The molecule has 1 aromatic heterocycles. The normalized spacial score (nSPS) is 21.2. The van der Waals surface area contributed by atoms with Crippen molar-refractivity contribution in [1.29, 1.82) is 0 Å². The van der Waals surface area contributed by atoms with Gasteiger partial charge < -0.3 is 18.9 Å². The van der Waals surface area contributed by atoms with Gasteiger partial charge in [-0.3, -0.25) is 4.79 Å². The van der Waals surface area contributed by atoms with Crippen LogP contribution in [-0.2, 0) is 24.2 Å². The first-order valence-corrected chi connectivity index (χ1v) is 11.9. The number of nitrogens with zero attached hydrogens (tertiary/aromatic N) is 4. The minimum atomic E-state index is 0.229. The predicted molar refractivity (Wildman–Crippen MR) is 117 cm³/mol. The third-order valence-corrected chi connectivity index (χ3v) is 6.72. The Kier molecular flexibility index (Phi) is 6.09. The molecule has 3 aliphatic heterocycles.